The maximum absolute atomic E-state index is 14.0. The average molecular weight is 624 g/mol. The van der Waals surface area contributed by atoms with Crippen molar-refractivity contribution in [3.8, 4) is 28.1 Å². The lowest BCUT2D eigenvalue weighted by Crippen LogP contribution is -2.53. The van der Waals surface area contributed by atoms with Crippen molar-refractivity contribution in [3.05, 3.63) is 90.1 Å². The number of rotatable bonds is 7. The Kier molecular flexibility index (Phi) is 9.46. The topological polar surface area (TPSA) is 126 Å². The number of aromatic hydroxyl groups is 1. The minimum Gasteiger partial charge on any atom is -0.507 e. The first-order valence-corrected chi connectivity index (χ1v) is 15.5. The Labute approximate surface area is 269 Å². The van der Waals surface area contributed by atoms with E-state index in [1.54, 1.807) is 60.7 Å². The number of phenolic OH excluding ortho intramolecular Hbond substituents is 1. The summed E-state index contributed by atoms with van der Waals surface area (Å²) in [5.41, 5.74) is 4.47. The van der Waals surface area contributed by atoms with Gasteiger partial charge in [-0.05, 0) is 82.3 Å². The summed E-state index contributed by atoms with van der Waals surface area (Å²) in [7, 11) is 1.83. The highest BCUT2D eigenvalue weighted by atomic mass is 16.6. The quantitative estimate of drug-likeness (QED) is 0.220. The number of aromatic nitrogens is 2. The molecule has 2 atom stereocenters. The predicted molar refractivity (Wildman–Crippen MR) is 177 cm³/mol. The number of amides is 3. The lowest BCUT2D eigenvalue weighted by atomic mass is 9.97. The van der Waals surface area contributed by atoms with Crippen LogP contribution in [0.25, 0.3) is 22.4 Å². The Balaban J connectivity index is 1.34. The number of alkyl carbamates (subject to hydrolysis) is 1. The van der Waals surface area contributed by atoms with Gasteiger partial charge in [-0.15, -0.1) is 0 Å². The molecule has 1 aliphatic rings. The summed E-state index contributed by atoms with van der Waals surface area (Å²) in [4.78, 5) is 42.0. The van der Waals surface area contributed by atoms with Gasteiger partial charge >= 0.3 is 6.09 Å². The first kappa shape index (κ1) is 32.3. The summed E-state index contributed by atoms with van der Waals surface area (Å²) in [5.74, 6) is -0.510. The van der Waals surface area contributed by atoms with Crippen molar-refractivity contribution in [1.29, 1.82) is 0 Å². The lowest BCUT2D eigenvalue weighted by molar-refractivity contribution is -0.142. The van der Waals surface area contributed by atoms with Gasteiger partial charge in [-0.2, -0.15) is 5.10 Å². The van der Waals surface area contributed by atoms with Gasteiger partial charge < -0.3 is 25.4 Å². The number of aryl methyl sites for hydroxylation is 2. The molecule has 3 amide bonds. The van der Waals surface area contributed by atoms with Gasteiger partial charge in [0.1, 0.15) is 29.1 Å². The normalized spacial score (nSPS) is 15.6. The first-order chi connectivity index (χ1) is 21.9. The van der Waals surface area contributed by atoms with Crippen LogP contribution in [0.5, 0.6) is 5.75 Å². The second-order valence-corrected chi connectivity index (χ2v) is 12.7. The highest BCUT2D eigenvalue weighted by Crippen LogP contribution is 2.36. The number of carbonyl (C=O) groups is 3. The Hall–Kier alpha value is -5.12. The molecule has 2 heterocycles. The van der Waals surface area contributed by atoms with Crippen LogP contribution < -0.4 is 10.6 Å². The number of ether oxygens (including phenoxy) is 1. The molecule has 10 nitrogen and oxygen atoms in total. The maximum atomic E-state index is 14.0. The maximum Gasteiger partial charge on any atom is 0.408 e. The fraction of sp³-hybridized carbons (Fsp3) is 0.333. The molecule has 0 unspecified atom stereocenters. The number of likely N-dealkylation sites (tertiary alicyclic amines) is 1. The third-order valence-electron chi connectivity index (χ3n) is 7.83. The highest BCUT2D eigenvalue weighted by Gasteiger charge is 2.37. The Morgan fingerprint density at radius 1 is 0.978 bits per heavy atom. The monoisotopic (exact) mass is 623 g/mol. The van der Waals surface area contributed by atoms with Crippen molar-refractivity contribution >= 4 is 23.6 Å². The van der Waals surface area contributed by atoms with Crippen molar-refractivity contribution in [2.75, 3.05) is 11.9 Å². The zero-order valence-corrected chi connectivity index (χ0v) is 26.9. The molecule has 5 rings (SSSR count). The van der Waals surface area contributed by atoms with Crippen molar-refractivity contribution in [3.63, 3.8) is 0 Å². The number of piperidine rings is 1. The van der Waals surface area contributed by atoms with Crippen molar-refractivity contribution in [1.82, 2.24) is 20.0 Å². The molecule has 1 aliphatic heterocycles. The summed E-state index contributed by atoms with van der Waals surface area (Å²) in [6.07, 6.45) is 3.24. The minimum absolute atomic E-state index is 0.150. The second-order valence-electron chi connectivity index (χ2n) is 12.7. The molecule has 46 heavy (non-hydrogen) atoms. The van der Waals surface area contributed by atoms with E-state index in [0.717, 1.165) is 29.5 Å². The van der Waals surface area contributed by atoms with E-state index < -0.39 is 23.8 Å². The summed E-state index contributed by atoms with van der Waals surface area (Å²) in [6.45, 7) is 7.63. The van der Waals surface area contributed by atoms with Crippen molar-refractivity contribution < 1.29 is 24.2 Å². The molecule has 3 aromatic carbocycles. The summed E-state index contributed by atoms with van der Waals surface area (Å²) < 4.78 is 7.15. The van der Waals surface area contributed by atoms with Crippen LogP contribution in [0.3, 0.4) is 0 Å². The number of carbonyl (C=O) groups excluding carboxylic acids is 3. The van der Waals surface area contributed by atoms with E-state index in [4.69, 9.17) is 4.74 Å². The third-order valence-corrected chi connectivity index (χ3v) is 7.83. The van der Waals surface area contributed by atoms with Crippen LogP contribution in [-0.4, -0.2) is 55.9 Å². The molecule has 4 aromatic rings. The molecule has 1 fully saturated rings. The van der Waals surface area contributed by atoms with E-state index in [-0.39, 0.29) is 17.6 Å². The molecule has 1 saturated heterocycles. The number of hydrogen-bond acceptors (Lipinski definition) is 6. The van der Waals surface area contributed by atoms with E-state index in [9.17, 15) is 19.5 Å². The van der Waals surface area contributed by atoms with Crippen LogP contribution in [0.1, 0.15) is 57.2 Å². The fourth-order valence-corrected chi connectivity index (χ4v) is 5.69. The Morgan fingerprint density at radius 3 is 2.39 bits per heavy atom. The van der Waals surface area contributed by atoms with Crippen molar-refractivity contribution in [2.24, 2.45) is 7.05 Å². The molecular weight excluding hydrogens is 582 g/mol. The molecule has 3 N–H and O–H groups in total. The fourth-order valence-electron chi connectivity index (χ4n) is 5.69. The number of nitrogens with zero attached hydrogens (tertiary/aromatic N) is 3. The highest BCUT2D eigenvalue weighted by molar-refractivity contribution is 5.99. The molecule has 240 valence electrons. The predicted octanol–water partition coefficient (Wildman–Crippen LogP) is 6.35. The molecular formula is C36H41N5O5. The van der Waals surface area contributed by atoms with E-state index in [0.29, 0.717) is 35.5 Å². The van der Waals surface area contributed by atoms with E-state index in [1.807, 2.05) is 62.6 Å². The molecule has 0 aliphatic carbocycles. The number of benzene rings is 3. The van der Waals surface area contributed by atoms with Crippen LogP contribution in [0.15, 0.2) is 79.0 Å². The summed E-state index contributed by atoms with van der Waals surface area (Å²) in [6, 6.07) is 20.1. The zero-order chi connectivity index (χ0) is 33.0. The largest absolute Gasteiger partial charge is 0.507 e. The second kappa shape index (κ2) is 13.5. The SMILES string of the molecule is Cc1ccc(O)c(-c2nn(C)cc2-c2ccc(NC(=O)[C@@H]3CCCCN3C(=O)[C@H](NC(=O)OC(C)(C)C)c3ccccc3)cc2)c1. The van der Waals surface area contributed by atoms with E-state index in [2.05, 4.69) is 15.7 Å². The number of nitrogens with one attached hydrogen (secondary N) is 2. The van der Waals surface area contributed by atoms with Crippen LogP contribution in [0.4, 0.5) is 10.5 Å². The third kappa shape index (κ3) is 7.56. The summed E-state index contributed by atoms with van der Waals surface area (Å²) >= 11 is 0. The van der Waals surface area contributed by atoms with Crippen LogP contribution in [0, 0.1) is 6.92 Å². The van der Waals surface area contributed by atoms with Gasteiger partial charge in [0.25, 0.3) is 5.91 Å². The van der Waals surface area contributed by atoms with Gasteiger partial charge in [0.2, 0.25) is 5.91 Å². The standard InChI is InChI=1S/C36H41N5O5/c1-23-14-19-30(42)27(21-23)32-28(22-40(5)39-32)24-15-17-26(18-16-24)37-33(43)29-13-9-10-20-41(29)34(44)31(25-11-7-6-8-12-25)38-35(45)46-36(2,3)4/h6-8,11-12,14-19,21-22,29,31,42H,9-10,13,20H2,1-5H3,(H,37,43)(H,38,45)/t29-,31+/m0/s1. The van der Waals surface area contributed by atoms with Gasteiger partial charge in [-0.1, -0.05) is 54.1 Å². The van der Waals surface area contributed by atoms with Crippen LogP contribution in [0.2, 0.25) is 0 Å². The van der Waals surface area contributed by atoms with E-state index in [1.165, 1.54) is 0 Å². The van der Waals surface area contributed by atoms with Gasteiger partial charge in [-0.3, -0.25) is 14.3 Å². The van der Waals surface area contributed by atoms with Crippen LogP contribution >= 0.6 is 0 Å². The minimum atomic E-state index is -1.01. The number of hydrogen-bond donors (Lipinski definition) is 3. The molecule has 1 aromatic heterocycles. The Morgan fingerprint density at radius 2 is 1.70 bits per heavy atom. The average Bonchev–Trinajstić information content (AvgIpc) is 3.41. The van der Waals surface area contributed by atoms with E-state index >= 15 is 0 Å². The van der Waals surface area contributed by atoms with Crippen LogP contribution in [-0.2, 0) is 21.4 Å². The molecule has 0 spiro atoms. The van der Waals surface area contributed by atoms with Gasteiger partial charge in [0, 0.05) is 36.6 Å². The lowest BCUT2D eigenvalue weighted by Gasteiger charge is -2.37. The summed E-state index contributed by atoms with van der Waals surface area (Å²) in [5, 5.41) is 20.9. The van der Waals surface area contributed by atoms with Crippen molar-refractivity contribution in [2.45, 2.75) is 64.6 Å². The number of phenols is 1. The zero-order valence-electron chi connectivity index (χ0n) is 26.9. The number of anilines is 1. The smallest absolute Gasteiger partial charge is 0.408 e. The molecule has 0 bridgehead atoms. The molecule has 10 heteroatoms. The van der Waals surface area contributed by atoms with Gasteiger partial charge in [0.05, 0.1) is 0 Å². The first-order valence-electron chi connectivity index (χ1n) is 15.5. The van der Waals surface area contributed by atoms with Gasteiger partial charge in [-0.25, -0.2) is 4.79 Å². The Bertz CT molecular complexity index is 1710. The van der Waals surface area contributed by atoms with Gasteiger partial charge in [0.15, 0.2) is 0 Å². The molecule has 0 saturated carbocycles. The molecule has 0 radical (unpaired) electrons.